The predicted octanol–water partition coefficient (Wildman–Crippen LogP) is 3.63. The third-order valence-corrected chi connectivity index (χ3v) is 5.80. The summed E-state index contributed by atoms with van der Waals surface area (Å²) in [4.78, 5) is 5.24. The molecule has 0 aromatic heterocycles. The topological polar surface area (TPSA) is 15.7 Å². The average molecular weight is 311 g/mol. The maximum atomic E-state index is 5.98. The Balaban J connectivity index is 1.61. The third-order valence-electron chi connectivity index (χ3n) is 5.80. The van der Waals surface area contributed by atoms with E-state index in [0.29, 0.717) is 12.2 Å². The van der Waals surface area contributed by atoms with Crippen LogP contribution < -0.4 is 0 Å². The summed E-state index contributed by atoms with van der Waals surface area (Å²) in [7, 11) is 0. The van der Waals surface area contributed by atoms with Crippen molar-refractivity contribution < 1.29 is 4.74 Å². The summed E-state index contributed by atoms with van der Waals surface area (Å²) in [6, 6.07) is 0. The molecule has 0 bridgehead atoms. The molecule has 0 radical (unpaired) electrons. The molecule has 3 nitrogen and oxygen atoms in total. The molecule has 0 aromatic rings. The molecule has 1 aliphatic carbocycles. The summed E-state index contributed by atoms with van der Waals surface area (Å²) in [5, 5.41) is 0. The average Bonchev–Trinajstić information content (AvgIpc) is 2.53. The predicted molar refractivity (Wildman–Crippen MR) is 94.3 cm³/mol. The molecular weight excluding hydrogens is 272 g/mol. The minimum Gasteiger partial charge on any atom is -0.376 e. The molecule has 2 fully saturated rings. The summed E-state index contributed by atoms with van der Waals surface area (Å²) in [5.74, 6) is 1.81. The van der Waals surface area contributed by atoms with Gasteiger partial charge in [0.15, 0.2) is 0 Å². The molecule has 3 heteroatoms. The van der Waals surface area contributed by atoms with Crippen LogP contribution in [0, 0.1) is 11.8 Å². The highest BCUT2D eigenvalue weighted by atomic mass is 16.5. The number of nitrogens with zero attached hydrogens (tertiary/aromatic N) is 2. The molecule has 130 valence electrons. The van der Waals surface area contributed by atoms with Gasteiger partial charge in [-0.2, -0.15) is 0 Å². The fourth-order valence-corrected chi connectivity index (χ4v) is 4.13. The van der Waals surface area contributed by atoms with Crippen molar-refractivity contribution in [1.82, 2.24) is 9.80 Å². The van der Waals surface area contributed by atoms with Gasteiger partial charge >= 0.3 is 0 Å². The van der Waals surface area contributed by atoms with Crippen LogP contribution in [-0.2, 0) is 4.74 Å². The molecule has 2 aliphatic rings. The van der Waals surface area contributed by atoms with E-state index in [1.165, 1.54) is 71.4 Å². The summed E-state index contributed by atoms with van der Waals surface area (Å²) in [5.41, 5.74) is 0. The van der Waals surface area contributed by atoms with Crippen LogP contribution in [0.5, 0.6) is 0 Å². The number of ether oxygens (including phenoxy) is 1. The van der Waals surface area contributed by atoms with Gasteiger partial charge < -0.3 is 14.5 Å². The largest absolute Gasteiger partial charge is 0.376 e. The standard InChI is InChI=1S/C19H38N2O/c1-5-20-12-14-21(15-13-20)11-10-17(4)18-6-8-19(9-7-18)22-16(2)3/h16-19H,5-15H2,1-4H3/t17-,18?,19?/m0/s1. The zero-order chi connectivity index (χ0) is 15.9. The lowest BCUT2D eigenvalue weighted by Crippen LogP contribution is -2.46. The van der Waals surface area contributed by atoms with E-state index in [0.717, 1.165) is 11.8 Å². The van der Waals surface area contributed by atoms with Crippen LogP contribution in [0.3, 0.4) is 0 Å². The molecule has 1 saturated heterocycles. The first kappa shape index (κ1) is 18.2. The molecule has 1 atom stereocenters. The first-order valence-corrected chi connectivity index (χ1v) is 9.68. The van der Waals surface area contributed by atoms with Crippen LogP contribution in [-0.4, -0.2) is 61.3 Å². The SMILES string of the molecule is CCN1CCN(CC[C@H](C)C2CCC(OC(C)C)CC2)CC1. The van der Waals surface area contributed by atoms with Crippen molar-refractivity contribution in [3.8, 4) is 0 Å². The lowest BCUT2D eigenvalue weighted by molar-refractivity contribution is -0.0244. The van der Waals surface area contributed by atoms with E-state index in [1.807, 2.05) is 0 Å². The highest BCUT2D eigenvalue weighted by molar-refractivity contribution is 4.78. The second-order valence-corrected chi connectivity index (χ2v) is 7.76. The van der Waals surface area contributed by atoms with Crippen molar-refractivity contribution >= 4 is 0 Å². The molecule has 1 heterocycles. The highest BCUT2D eigenvalue weighted by Crippen LogP contribution is 2.33. The van der Waals surface area contributed by atoms with Gasteiger partial charge in [-0.15, -0.1) is 0 Å². The Morgan fingerprint density at radius 2 is 1.50 bits per heavy atom. The van der Waals surface area contributed by atoms with Gasteiger partial charge in [0.1, 0.15) is 0 Å². The van der Waals surface area contributed by atoms with E-state index in [9.17, 15) is 0 Å². The lowest BCUT2D eigenvalue weighted by Gasteiger charge is -2.36. The maximum absolute atomic E-state index is 5.98. The van der Waals surface area contributed by atoms with Crippen LogP contribution in [0.1, 0.15) is 59.8 Å². The van der Waals surface area contributed by atoms with Gasteiger partial charge in [-0.25, -0.2) is 0 Å². The first-order valence-electron chi connectivity index (χ1n) is 9.68. The van der Waals surface area contributed by atoms with E-state index in [2.05, 4.69) is 37.5 Å². The van der Waals surface area contributed by atoms with Gasteiger partial charge in [0.25, 0.3) is 0 Å². The minimum atomic E-state index is 0.390. The summed E-state index contributed by atoms with van der Waals surface area (Å²) in [6.45, 7) is 16.7. The summed E-state index contributed by atoms with van der Waals surface area (Å²) >= 11 is 0. The van der Waals surface area contributed by atoms with E-state index >= 15 is 0 Å². The second-order valence-electron chi connectivity index (χ2n) is 7.76. The van der Waals surface area contributed by atoms with Gasteiger partial charge in [-0.3, -0.25) is 0 Å². The van der Waals surface area contributed by atoms with Gasteiger partial charge in [-0.1, -0.05) is 13.8 Å². The number of piperazine rings is 1. The maximum Gasteiger partial charge on any atom is 0.0578 e. The Labute approximate surface area is 138 Å². The molecule has 1 saturated carbocycles. The van der Waals surface area contributed by atoms with Crippen molar-refractivity contribution in [3.63, 3.8) is 0 Å². The quantitative estimate of drug-likeness (QED) is 0.714. The Kier molecular flexibility index (Phi) is 7.66. The van der Waals surface area contributed by atoms with Crippen LogP contribution in [0.15, 0.2) is 0 Å². The van der Waals surface area contributed by atoms with Crippen LogP contribution in [0.2, 0.25) is 0 Å². The fraction of sp³-hybridized carbons (Fsp3) is 1.00. The van der Waals surface area contributed by atoms with Crippen molar-refractivity contribution in [2.75, 3.05) is 39.3 Å². The third kappa shape index (κ3) is 5.82. The smallest absolute Gasteiger partial charge is 0.0578 e. The van der Waals surface area contributed by atoms with E-state index in [-0.39, 0.29) is 0 Å². The molecule has 1 aliphatic heterocycles. The lowest BCUT2D eigenvalue weighted by atomic mass is 9.78. The molecule has 0 unspecified atom stereocenters. The van der Waals surface area contributed by atoms with Crippen LogP contribution in [0.4, 0.5) is 0 Å². The van der Waals surface area contributed by atoms with Crippen LogP contribution in [0.25, 0.3) is 0 Å². The minimum absolute atomic E-state index is 0.390. The Bertz CT molecular complexity index is 292. The van der Waals surface area contributed by atoms with Gasteiger partial charge in [0, 0.05) is 26.2 Å². The Morgan fingerprint density at radius 3 is 2.05 bits per heavy atom. The zero-order valence-electron chi connectivity index (χ0n) is 15.4. The Morgan fingerprint density at radius 1 is 0.909 bits per heavy atom. The van der Waals surface area contributed by atoms with Crippen molar-refractivity contribution in [2.24, 2.45) is 11.8 Å². The molecule has 0 spiro atoms. The molecule has 0 aromatic carbocycles. The Hall–Kier alpha value is -0.120. The van der Waals surface area contributed by atoms with Crippen molar-refractivity contribution in [3.05, 3.63) is 0 Å². The van der Waals surface area contributed by atoms with Gasteiger partial charge in [-0.05, 0) is 70.9 Å². The van der Waals surface area contributed by atoms with Gasteiger partial charge in [0.2, 0.25) is 0 Å². The molecule has 22 heavy (non-hydrogen) atoms. The monoisotopic (exact) mass is 310 g/mol. The molecule has 2 rings (SSSR count). The second kappa shape index (κ2) is 9.24. The van der Waals surface area contributed by atoms with Crippen molar-refractivity contribution in [1.29, 1.82) is 0 Å². The first-order chi connectivity index (χ1) is 10.6. The number of rotatable bonds is 7. The molecule has 0 N–H and O–H groups in total. The summed E-state index contributed by atoms with van der Waals surface area (Å²) in [6.07, 6.45) is 7.62. The number of hydrogen-bond acceptors (Lipinski definition) is 3. The number of hydrogen-bond donors (Lipinski definition) is 0. The molecule has 0 amide bonds. The summed E-state index contributed by atoms with van der Waals surface area (Å²) < 4.78 is 5.98. The highest BCUT2D eigenvalue weighted by Gasteiger charge is 2.26. The van der Waals surface area contributed by atoms with Crippen molar-refractivity contribution in [2.45, 2.75) is 72.0 Å². The zero-order valence-corrected chi connectivity index (χ0v) is 15.4. The van der Waals surface area contributed by atoms with E-state index in [4.69, 9.17) is 4.74 Å². The van der Waals surface area contributed by atoms with E-state index < -0.39 is 0 Å². The van der Waals surface area contributed by atoms with E-state index in [1.54, 1.807) is 0 Å². The van der Waals surface area contributed by atoms with Gasteiger partial charge in [0.05, 0.1) is 12.2 Å². The number of likely N-dealkylation sites (N-methyl/N-ethyl adjacent to an activating group) is 1. The van der Waals surface area contributed by atoms with Crippen LogP contribution >= 0.6 is 0 Å². The fourth-order valence-electron chi connectivity index (χ4n) is 4.13. The normalized spacial score (nSPS) is 29.9. The molecular formula is C19H38N2O.